The molecule has 2 aromatic rings. The van der Waals surface area contributed by atoms with Crippen molar-refractivity contribution in [3.05, 3.63) is 48.3 Å². The Kier molecular flexibility index (Phi) is 7.95. The Bertz CT molecular complexity index is 1270. The van der Waals surface area contributed by atoms with Gasteiger partial charge < -0.3 is 15.0 Å². The van der Waals surface area contributed by atoms with Gasteiger partial charge in [-0.25, -0.2) is 8.78 Å². The normalized spacial score (nSPS) is 23.7. The minimum absolute atomic E-state index is 0.0377. The van der Waals surface area contributed by atoms with Gasteiger partial charge in [-0.3, -0.25) is 9.69 Å². The van der Waals surface area contributed by atoms with Crippen molar-refractivity contribution in [1.82, 2.24) is 20.4 Å². The third-order valence-corrected chi connectivity index (χ3v) is 8.59. The molecule has 2 aliphatic rings. The van der Waals surface area contributed by atoms with Crippen LogP contribution in [0, 0.1) is 11.5 Å². The number of amides is 1. The zero-order valence-corrected chi connectivity index (χ0v) is 22.7. The second-order valence-electron chi connectivity index (χ2n) is 10.3. The number of ether oxygens (including phenoxy) is 1. The number of nitriles is 1. The van der Waals surface area contributed by atoms with E-state index in [-0.39, 0.29) is 69.1 Å². The first-order chi connectivity index (χ1) is 19.0. The van der Waals surface area contributed by atoms with Crippen LogP contribution in [0.2, 0.25) is 0 Å². The molecule has 1 aliphatic heterocycles. The smallest absolute Gasteiger partial charge is 0.310 e. The number of hydrogen-bond acceptors (Lipinski definition) is 7. The minimum Gasteiger partial charge on any atom is -0.379 e. The van der Waals surface area contributed by atoms with Crippen molar-refractivity contribution in [3.8, 4) is 6.19 Å². The van der Waals surface area contributed by atoms with Gasteiger partial charge in [-0.05, 0) is 48.7 Å². The fraction of sp³-hybridized carbons (Fsp3) is 0.520. The van der Waals surface area contributed by atoms with E-state index >= 15 is 0 Å². The predicted molar refractivity (Wildman–Crippen MR) is 137 cm³/mol. The summed E-state index contributed by atoms with van der Waals surface area (Å²) in [5.41, 5.74) is 0.252. The summed E-state index contributed by atoms with van der Waals surface area (Å²) in [5, 5.41) is 20.4. The van der Waals surface area contributed by atoms with Gasteiger partial charge in [0.05, 0.1) is 24.9 Å². The van der Waals surface area contributed by atoms with E-state index in [1.165, 1.54) is 30.5 Å². The molecule has 1 aromatic carbocycles. The number of likely N-dealkylation sites (tertiary alicyclic amines) is 1. The number of aromatic nitrogens is 2. The second kappa shape index (κ2) is 10.6. The zero-order chi connectivity index (χ0) is 30.1. The van der Waals surface area contributed by atoms with E-state index in [0.717, 1.165) is 17.0 Å². The average molecular weight is 611 g/mol. The van der Waals surface area contributed by atoms with E-state index in [2.05, 4.69) is 15.5 Å². The predicted octanol–water partition coefficient (Wildman–Crippen LogP) is 5.95. The fourth-order valence-electron chi connectivity index (χ4n) is 5.18. The molecule has 0 bridgehead atoms. The van der Waals surface area contributed by atoms with E-state index in [0.29, 0.717) is 5.56 Å². The molecular formula is C25H29F7N6O2S. The fourth-order valence-corrected chi connectivity index (χ4v) is 5.83. The lowest BCUT2D eigenvalue weighted by atomic mass is 9.92. The summed E-state index contributed by atoms with van der Waals surface area (Å²) in [6.45, 7) is 0.0559. The molecule has 4 rings (SSSR count). The average Bonchev–Trinajstić information content (AvgIpc) is 3.34. The zero-order valence-electron chi connectivity index (χ0n) is 21.9. The molecule has 1 saturated heterocycles. The van der Waals surface area contributed by atoms with E-state index in [4.69, 9.17) is 4.74 Å². The molecule has 1 amide bonds. The van der Waals surface area contributed by atoms with Crippen LogP contribution < -0.4 is 10.2 Å². The molecule has 2 fully saturated rings. The Labute approximate surface area is 232 Å². The summed E-state index contributed by atoms with van der Waals surface area (Å²) < 4.78 is 100.0. The first-order valence-electron chi connectivity index (χ1n) is 12.8. The first-order valence-corrected chi connectivity index (χ1v) is 14.7. The molecule has 1 saturated carbocycles. The highest BCUT2D eigenvalue weighted by molar-refractivity contribution is 8.45. The molecule has 3 unspecified atom stereocenters. The first kappa shape index (κ1) is 30.8. The van der Waals surface area contributed by atoms with Gasteiger partial charge in [0, 0.05) is 50.8 Å². The lowest BCUT2D eigenvalue weighted by Gasteiger charge is -2.41. The number of methoxy groups -OCH3 is 1. The van der Waals surface area contributed by atoms with Gasteiger partial charge in [-0.2, -0.15) is 15.5 Å². The highest BCUT2D eigenvalue weighted by Crippen LogP contribution is 3.02. The van der Waals surface area contributed by atoms with Gasteiger partial charge in [0.1, 0.15) is 10.9 Å². The molecule has 226 valence electrons. The number of rotatable bonds is 9. The number of nitrogens with one attached hydrogen (secondary N) is 1. The van der Waals surface area contributed by atoms with Gasteiger partial charge in [0.25, 0.3) is 5.91 Å². The van der Waals surface area contributed by atoms with Crippen LogP contribution in [-0.4, -0.2) is 65.3 Å². The molecule has 1 aromatic heterocycles. The molecule has 0 radical (unpaired) electrons. The van der Waals surface area contributed by atoms with E-state index < -0.39 is 45.1 Å². The van der Waals surface area contributed by atoms with Gasteiger partial charge in [0.2, 0.25) is 5.92 Å². The highest BCUT2D eigenvalue weighted by atomic mass is 32.5. The third kappa shape index (κ3) is 7.38. The largest absolute Gasteiger partial charge is 0.379 e. The molecule has 1 aliphatic carbocycles. The van der Waals surface area contributed by atoms with Crippen LogP contribution in [0.25, 0.3) is 0 Å². The van der Waals surface area contributed by atoms with E-state index in [9.17, 15) is 38.3 Å². The summed E-state index contributed by atoms with van der Waals surface area (Å²) in [6, 6.07) is 1.11. The van der Waals surface area contributed by atoms with Crippen molar-refractivity contribution in [2.45, 2.75) is 67.2 Å². The molecule has 2 heterocycles. The number of nitrogens with zero attached hydrogens (tertiary/aromatic N) is 5. The van der Waals surface area contributed by atoms with Crippen LogP contribution in [0.4, 0.5) is 33.9 Å². The van der Waals surface area contributed by atoms with Crippen molar-refractivity contribution in [1.29, 1.82) is 5.26 Å². The van der Waals surface area contributed by atoms with Crippen LogP contribution in [0.1, 0.15) is 43.7 Å². The van der Waals surface area contributed by atoms with Crippen LogP contribution in [0.15, 0.2) is 47.6 Å². The van der Waals surface area contributed by atoms with Crippen LogP contribution in [0.5, 0.6) is 0 Å². The second-order valence-corrected chi connectivity index (χ2v) is 12.7. The van der Waals surface area contributed by atoms with Gasteiger partial charge >= 0.3 is 10.2 Å². The summed E-state index contributed by atoms with van der Waals surface area (Å²) in [7, 11) is -8.59. The molecule has 3 atom stereocenters. The lowest BCUT2D eigenvalue weighted by Crippen LogP contribution is -2.49. The minimum atomic E-state index is -10.00. The molecule has 0 spiro atoms. The van der Waals surface area contributed by atoms with Crippen molar-refractivity contribution in [2.75, 3.05) is 25.1 Å². The molecular weight excluding hydrogens is 581 g/mol. The summed E-state index contributed by atoms with van der Waals surface area (Å²) >= 11 is 0. The SMILES string of the molecule is COC1CC(C(=O)N(c2ccc(S(F)(F)(F)(F)F)cc2)C(CNC2CCC(F)(F)CC2)c2ccnnc2)N(C#N)C1. The highest BCUT2D eigenvalue weighted by Gasteiger charge is 2.65. The maximum Gasteiger partial charge on any atom is 0.310 e. The Morgan fingerprint density at radius 1 is 1.17 bits per heavy atom. The summed E-state index contributed by atoms with van der Waals surface area (Å²) in [6.07, 6.45) is 3.85. The summed E-state index contributed by atoms with van der Waals surface area (Å²) in [4.78, 5) is 14.3. The Morgan fingerprint density at radius 3 is 2.37 bits per heavy atom. The number of halogens is 7. The molecule has 41 heavy (non-hydrogen) atoms. The quantitative estimate of drug-likeness (QED) is 0.277. The van der Waals surface area contributed by atoms with Crippen molar-refractivity contribution in [3.63, 3.8) is 0 Å². The Hall–Kier alpha value is -3.16. The topological polar surface area (TPSA) is 94.4 Å². The van der Waals surface area contributed by atoms with Crippen LogP contribution in [-0.2, 0) is 9.53 Å². The molecule has 16 heteroatoms. The number of benzene rings is 1. The number of carbonyl (C=O) groups excluding carboxylic acids is 1. The molecule has 8 nitrogen and oxygen atoms in total. The number of anilines is 1. The van der Waals surface area contributed by atoms with Crippen LogP contribution in [0.3, 0.4) is 0 Å². The van der Waals surface area contributed by atoms with E-state index in [1.54, 1.807) is 0 Å². The lowest BCUT2D eigenvalue weighted by molar-refractivity contribution is -0.122. The number of alkyl halides is 2. The molecule has 1 N–H and O–H groups in total. The van der Waals surface area contributed by atoms with Crippen molar-refractivity contribution < 1.29 is 37.7 Å². The third-order valence-electron chi connectivity index (χ3n) is 7.43. The Balaban J connectivity index is 1.74. The maximum atomic E-state index is 14.1. The van der Waals surface area contributed by atoms with Gasteiger partial charge in [0.15, 0.2) is 6.19 Å². The van der Waals surface area contributed by atoms with Crippen molar-refractivity contribution >= 4 is 21.8 Å². The Morgan fingerprint density at radius 2 is 1.83 bits per heavy atom. The van der Waals surface area contributed by atoms with Crippen molar-refractivity contribution in [2.24, 2.45) is 0 Å². The number of carbonyl (C=O) groups is 1. The monoisotopic (exact) mass is 610 g/mol. The standard InChI is InChI=1S/C25H29F7N6O2S/c1-40-20-12-22(37(15-20)16-33)24(39)38(19-2-4-21(5-3-19)41(28,29,30,31)32)23(17-8-11-35-36-13-17)14-34-18-6-9-25(26,27)10-7-18/h2-5,8,11,13,18,20,22-23,34H,6-7,9-10,12,14-15H2,1H3. The summed E-state index contributed by atoms with van der Waals surface area (Å²) in [5.74, 6) is -3.47. The van der Waals surface area contributed by atoms with Gasteiger partial charge in [-0.15, -0.1) is 0 Å². The van der Waals surface area contributed by atoms with E-state index in [1.807, 2.05) is 6.19 Å². The van der Waals surface area contributed by atoms with Crippen LogP contribution >= 0.6 is 10.2 Å². The van der Waals surface area contributed by atoms with Gasteiger partial charge in [-0.1, -0.05) is 19.4 Å². The number of hydrogen-bond donors (Lipinski definition) is 1. The maximum absolute atomic E-state index is 14.1.